The molecule has 0 spiro atoms. The van der Waals surface area contributed by atoms with E-state index in [1.165, 1.54) is 17.8 Å². The van der Waals surface area contributed by atoms with E-state index in [4.69, 9.17) is 0 Å². The van der Waals surface area contributed by atoms with Crippen LogP contribution in [-0.2, 0) is 0 Å². The second-order valence-corrected chi connectivity index (χ2v) is 6.04. The van der Waals surface area contributed by atoms with E-state index in [2.05, 4.69) is 4.98 Å². The number of carbonyl (C=O) groups is 1. The zero-order valence-electron chi connectivity index (χ0n) is 11.0. The highest BCUT2D eigenvalue weighted by Gasteiger charge is 2.35. The number of rotatable bonds is 5. The monoisotopic (exact) mass is 282 g/mol. The maximum absolute atomic E-state index is 12.4. The number of thiazole rings is 1. The molecule has 2 rings (SSSR count). The van der Waals surface area contributed by atoms with E-state index in [0.29, 0.717) is 5.01 Å². The number of nitrogens with zero attached hydrogens (tertiary/aromatic N) is 2. The van der Waals surface area contributed by atoms with Crippen molar-refractivity contribution < 1.29 is 9.72 Å². The first-order chi connectivity index (χ1) is 9.08. The standard InChI is InChI=1S/C13H18N2O3S/c1-9-8-19-13(14-9)12(16)11(7-15(17)18)10-5-3-2-4-6-10/h8,10-11H,2-7H2,1H3. The third kappa shape index (κ3) is 3.59. The van der Waals surface area contributed by atoms with Crippen LogP contribution in [0.15, 0.2) is 5.38 Å². The molecule has 5 nitrogen and oxygen atoms in total. The number of carbonyl (C=O) groups excluding carboxylic acids is 1. The molecule has 1 aliphatic rings. The summed E-state index contributed by atoms with van der Waals surface area (Å²) in [5, 5.41) is 13.1. The number of aryl methyl sites for hydroxylation is 1. The van der Waals surface area contributed by atoms with E-state index in [1.54, 1.807) is 0 Å². The summed E-state index contributed by atoms with van der Waals surface area (Å²) in [4.78, 5) is 27.1. The number of hydrogen-bond acceptors (Lipinski definition) is 5. The average Bonchev–Trinajstić information content (AvgIpc) is 2.83. The molecule has 1 saturated carbocycles. The van der Waals surface area contributed by atoms with Gasteiger partial charge >= 0.3 is 0 Å². The first-order valence-electron chi connectivity index (χ1n) is 6.66. The Balaban J connectivity index is 2.16. The van der Waals surface area contributed by atoms with E-state index in [-0.39, 0.29) is 23.2 Å². The summed E-state index contributed by atoms with van der Waals surface area (Å²) in [5.74, 6) is -0.488. The molecule has 1 heterocycles. The topological polar surface area (TPSA) is 73.1 Å². The van der Waals surface area contributed by atoms with E-state index in [1.807, 2.05) is 12.3 Å². The van der Waals surface area contributed by atoms with E-state index in [0.717, 1.165) is 31.4 Å². The summed E-state index contributed by atoms with van der Waals surface area (Å²) >= 11 is 1.29. The van der Waals surface area contributed by atoms with Gasteiger partial charge in [-0.25, -0.2) is 4.98 Å². The Labute approximate surface area is 116 Å². The fourth-order valence-electron chi connectivity index (χ4n) is 2.77. The second-order valence-electron chi connectivity index (χ2n) is 5.18. The van der Waals surface area contributed by atoms with Crippen LogP contribution in [0.4, 0.5) is 0 Å². The Bertz CT molecular complexity index is 466. The molecule has 1 aromatic rings. The Morgan fingerprint density at radius 3 is 2.74 bits per heavy atom. The lowest BCUT2D eigenvalue weighted by atomic mass is 9.78. The van der Waals surface area contributed by atoms with Gasteiger partial charge in [0.25, 0.3) is 0 Å². The van der Waals surface area contributed by atoms with Gasteiger partial charge in [-0.2, -0.15) is 0 Å². The van der Waals surface area contributed by atoms with Crippen LogP contribution >= 0.6 is 11.3 Å². The molecule has 0 aromatic carbocycles. The molecule has 19 heavy (non-hydrogen) atoms. The Hall–Kier alpha value is -1.30. The van der Waals surface area contributed by atoms with Gasteiger partial charge in [-0.3, -0.25) is 14.9 Å². The molecule has 6 heteroatoms. The van der Waals surface area contributed by atoms with E-state index in [9.17, 15) is 14.9 Å². The van der Waals surface area contributed by atoms with Crippen molar-refractivity contribution in [2.45, 2.75) is 39.0 Å². The third-order valence-electron chi connectivity index (χ3n) is 3.73. The molecule has 1 atom stereocenters. The Kier molecular flexibility index (Phi) is 4.63. The van der Waals surface area contributed by atoms with Gasteiger partial charge in [-0.05, 0) is 25.7 Å². The molecule has 1 fully saturated rings. The van der Waals surface area contributed by atoms with Crippen molar-refractivity contribution in [3.63, 3.8) is 0 Å². The quantitative estimate of drug-likeness (QED) is 0.472. The van der Waals surface area contributed by atoms with Gasteiger partial charge in [0.15, 0.2) is 5.01 Å². The minimum atomic E-state index is -0.499. The van der Waals surface area contributed by atoms with Gasteiger partial charge in [-0.15, -0.1) is 11.3 Å². The number of Topliss-reactive ketones (excluding diaryl/α,β-unsaturated/α-hetero) is 1. The van der Waals surface area contributed by atoms with Crippen molar-refractivity contribution in [3.8, 4) is 0 Å². The summed E-state index contributed by atoms with van der Waals surface area (Å²) in [5.41, 5.74) is 0.803. The smallest absolute Gasteiger partial charge is 0.214 e. The number of aromatic nitrogens is 1. The number of ketones is 1. The highest BCUT2D eigenvalue weighted by atomic mass is 32.1. The summed E-state index contributed by atoms with van der Waals surface area (Å²) in [6.07, 6.45) is 5.17. The van der Waals surface area contributed by atoms with E-state index < -0.39 is 5.92 Å². The van der Waals surface area contributed by atoms with Gasteiger partial charge in [-0.1, -0.05) is 19.3 Å². The third-order valence-corrected chi connectivity index (χ3v) is 4.71. The maximum atomic E-state index is 12.4. The second kappa shape index (κ2) is 6.23. The van der Waals surface area contributed by atoms with Crippen LogP contribution in [0.5, 0.6) is 0 Å². The highest BCUT2D eigenvalue weighted by molar-refractivity contribution is 7.11. The van der Waals surface area contributed by atoms with Crippen molar-refractivity contribution in [3.05, 3.63) is 26.2 Å². The average molecular weight is 282 g/mol. The molecule has 0 bridgehead atoms. The SMILES string of the molecule is Cc1csc(C(=O)C(C[N+](=O)[O-])C2CCCCC2)n1. The van der Waals surface area contributed by atoms with Crippen molar-refractivity contribution in [1.82, 2.24) is 4.98 Å². The largest absolute Gasteiger partial charge is 0.291 e. The molecule has 0 saturated heterocycles. The molecule has 1 aromatic heterocycles. The molecule has 1 unspecified atom stereocenters. The molecule has 0 N–H and O–H groups in total. The molecule has 0 amide bonds. The first-order valence-corrected chi connectivity index (χ1v) is 7.54. The number of nitro groups is 1. The highest BCUT2D eigenvalue weighted by Crippen LogP contribution is 2.32. The van der Waals surface area contributed by atoms with Crippen LogP contribution in [-0.4, -0.2) is 22.2 Å². The van der Waals surface area contributed by atoms with Crippen molar-refractivity contribution in [1.29, 1.82) is 0 Å². The van der Waals surface area contributed by atoms with E-state index >= 15 is 0 Å². The van der Waals surface area contributed by atoms with Crippen LogP contribution < -0.4 is 0 Å². The molecular weight excluding hydrogens is 264 g/mol. The molecule has 1 aliphatic carbocycles. The van der Waals surface area contributed by atoms with Crippen LogP contribution in [0.3, 0.4) is 0 Å². The lowest BCUT2D eigenvalue weighted by molar-refractivity contribution is -0.487. The zero-order chi connectivity index (χ0) is 13.8. The van der Waals surface area contributed by atoms with Gasteiger partial charge < -0.3 is 0 Å². The van der Waals surface area contributed by atoms with Crippen LogP contribution in [0.2, 0.25) is 0 Å². The summed E-state index contributed by atoms with van der Waals surface area (Å²) < 4.78 is 0. The zero-order valence-corrected chi connectivity index (χ0v) is 11.8. The predicted molar refractivity (Wildman–Crippen MR) is 73.1 cm³/mol. The molecule has 0 radical (unpaired) electrons. The van der Waals surface area contributed by atoms with Crippen molar-refractivity contribution in [2.24, 2.45) is 11.8 Å². The van der Waals surface area contributed by atoms with Gasteiger partial charge in [0.2, 0.25) is 12.3 Å². The fraction of sp³-hybridized carbons (Fsp3) is 0.692. The van der Waals surface area contributed by atoms with Gasteiger partial charge in [0.1, 0.15) is 0 Å². The molecular formula is C13H18N2O3S. The first kappa shape index (κ1) is 14.1. The Morgan fingerprint density at radius 1 is 1.53 bits per heavy atom. The lowest BCUT2D eigenvalue weighted by Gasteiger charge is -2.26. The van der Waals surface area contributed by atoms with Crippen LogP contribution in [0.25, 0.3) is 0 Å². The molecule has 104 valence electrons. The van der Waals surface area contributed by atoms with Crippen LogP contribution in [0.1, 0.15) is 47.6 Å². The predicted octanol–water partition coefficient (Wildman–Crippen LogP) is 3.11. The Morgan fingerprint density at radius 2 is 2.21 bits per heavy atom. The minimum Gasteiger partial charge on any atom is -0.291 e. The van der Waals surface area contributed by atoms with Gasteiger partial charge in [0, 0.05) is 16.0 Å². The summed E-state index contributed by atoms with van der Waals surface area (Å²) in [6.45, 7) is 1.57. The summed E-state index contributed by atoms with van der Waals surface area (Å²) in [6, 6.07) is 0. The normalized spacial score (nSPS) is 18.2. The number of hydrogen-bond donors (Lipinski definition) is 0. The molecule has 0 aliphatic heterocycles. The van der Waals surface area contributed by atoms with Crippen LogP contribution in [0, 0.1) is 28.9 Å². The summed E-state index contributed by atoms with van der Waals surface area (Å²) in [7, 11) is 0. The lowest BCUT2D eigenvalue weighted by Crippen LogP contribution is -2.32. The van der Waals surface area contributed by atoms with Crippen molar-refractivity contribution in [2.75, 3.05) is 6.54 Å². The maximum Gasteiger partial charge on any atom is 0.214 e. The van der Waals surface area contributed by atoms with Crippen molar-refractivity contribution >= 4 is 17.1 Å². The minimum absolute atomic E-state index is 0.137. The fourth-order valence-corrected chi connectivity index (χ4v) is 3.57. The van der Waals surface area contributed by atoms with Gasteiger partial charge in [0.05, 0.1) is 5.92 Å².